The van der Waals surface area contributed by atoms with Gasteiger partial charge >= 0.3 is 0 Å². The number of halogens is 1. The zero-order chi connectivity index (χ0) is 12.3. The lowest BCUT2D eigenvalue weighted by Crippen LogP contribution is -2.08. The van der Waals surface area contributed by atoms with E-state index in [1.54, 1.807) is 0 Å². The van der Waals surface area contributed by atoms with Gasteiger partial charge in [0.2, 0.25) is 6.29 Å². The van der Waals surface area contributed by atoms with Crippen LogP contribution in [0.4, 0.5) is 0 Å². The normalized spacial score (nSPS) is 11.5. The third-order valence-corrected chi connectivity index (χ3v) is 3.23. The molecule has 0 saturated heterocycles. The minimum absolute atomic E-state index is 0.452. The standard InChI is InChI=1S/C13H15BrO3/c1-3-15-13(16-4-2)12-11(14)9-7-5-6-8-10(9)17-12/h5-8,13H,3-4H2,1-2H3. The number of fused-ring (bicyclic) bond motifs is 1. The smallest absolute Gasteiger partial charge is 0.218 e. The van der Waals surface area contributed by atoms with E-state index in [4.69, 9.17) is 13.9 Å². The molecule has 0 N–H and O–H groups in total. The van der Waals surface area contributed by atoms with E-state index >= 15 is 0 Å². The van der Waals surface area contributed by atoms with Gasteiger partial charge in [0.25, 0.3) is 0 Å². The molecule has 0 radical (unpaired) electrons. The Labute approximate surface area is 109 Å². The second-order valence-electron chi connectivity index (χ2n) is 3.52. The van der Waals surface area contributed by atoms with Gasteiger partial charge < -0.3 is 13.9 Å². The first kappa shape index (κ1) is 12.6. The van der Waals surface area contributed by atoms with E-state index in [0.717, 1.165) is 15.4 Å². The van der Waals surface area contributed by atoms with Crippen molar-refractivity contribution in [3.63, 3.8) is 0 Å². The predicted molar refractivity (Wildman–Crippen MR) is 69.9 cm³/mol. The number of hydrogen-bond acceptors (Lipinski definition) is 3. The number of rotatable bonds is 5. The fourth-order valence-electron chi connectivity index (χ4n) is 1.69. The minimum atomic E-state index is -0.452. The maximum absolute atomic E-state index is 5.77. The summed E-state index contributed by atoms with van der Waals surface area (Å²) in [5, 5.41) is 1.03. The van der Waals surface area contributed by atoms with Crippen LogP contribution in [-0.2, 0) is 9.47 Å². The Morgan fingerprint density at radius 3 is 2.41 bits per heavy atom. The van der Waals surface area contributed by atoms with E-state index in [0.29, 0.717) is 19.0 Å². The SMILES string of the molecule is CCOC(OCC)c1oc2ccccc2c1Br. The van der Waals surface area contributed by atoms with Crippen molar-refractivity contribution >= 4 is 26.9 Å². The van der Waals surface area contributed by atoms with E-state index in [1.165, 1.54) is 0 Å². The van der Waals surface area contributed by atoms with Crippen LogP contribution >= 0.6 is 15.9 Å². The first-order chi connectivity index (χ1) is 8.27. The highest BCUT2D eigenvalue weighted by molar-refractivity contribution is 9.10. The topological polar surface area (TPSA) is 31.6 Å². The Bertz CT molecular complexity index is 486. The second-order valence-corrected chi connectivity index (χ2v) is 4.31. The summed E-state index contributed by atoms with van der Waals surface area (Å²) in [6.45, 7) is 5.02. The molecule has 1 aromatic heterocycles. The van der Waals surface area contributed by atoms with Crippen molar-refractivity contribution in [2.75, 3.05) is 13.2 Å². The van der Waals surface area contributed by atoms with Gasteiger partial charge in [0.05, 0.1) is 4.47 Å². The largest absolute Gasteiger partial charge is 0.454 e. The van der Waals surface area contributed by atoms with Crippen molar-refractivity contribution in [3.8, 4) is 0 Å². The van der Waals surface area contributed by atoms with Gasteiger partial charge in [-0.1, -0.05) is 12.1 Å². The number of benzene rings is 1. The lowest BCUT2D eigenvalue weighted by Gasteiger charge is -2.14. The summed E-state index contributed by atoms with van der Waals surface area (Å²) >= 11 is 3.54. The van der Waals surface area contributed by atoms with Crippen LogP contribution in [-0.4, -0.2) is 13.2 Å². The first-order valence-electron chi connectivity index (χ1n) is 5.68. The highest BCUT2D eigenvalue weighted by atomic mass is 79.9. The van der Waals surface area contributed by atoms with Crippen LogP contribution in [0.3, 0.4) is 0 Å². The number of furan rings is 1. The first-order valence-corrected chi connectivity index (χ1v) is 6.47. The van der Waals surface area contributed by atoms with Gasteiger partial charge in [-0.2, -0.15) is 0 Å². The second kappa shape index (κ2) is 5.67. The molecule has 1 heterocycles. The summed E-state index contributed by atoms with van der Waals surface area (Å²) in [7, 11) is 0. The summed E-state index contributed by atoms with van der Waals surface area (Å²) in [4.78, 5) is 0. The molecule has 92 valence electrons. The van der Waals surface area contributed by atoms with Crippen LogP contribution in [0.2, 0.25) is 0 Å². The Hall–Kier alpha value is -0.840. The van der Waals surface area contributed by atoms with Gasteiger partial charge in [-0.3, -0.25) is 0 Å². The Kier molecular flexibility index (Phi) is 4.20. The quantitative estimate of drug-likeness (QED) is 0.773. The molecule has 0 spiro atoms. The van der Waals surface area contributed by atoms with Gasteiger partial charge in [-0.25, -0.2) is 0 Å². The number of ether oxygens (including phenoxy) is 2. The van der Waals surface area contributed by atoms with Crippen LogP contribution in [0.5, 0.6) is 0 Å². The number of para-hydroxylation sites is 1. The van der Waals surface area contributed by atoms with Crippen LogP contribution in [0, 0.1) is 0 Å². The molecule has 0 unspecified atom stereocenters. The van der Waals surface area contributed by atoms with E-state index in [2.05, 4.69) is 15.9 Å². The molecule has 0 atom stereocenters. The molecule has 4 heteroatoms. The monoisotopic (exact) mass is 298 g/mol. The lowest BCUT2D eigenvalue weighted by atomic mass is 10.2. The Balaban J connectivity index is 2.42. The molecular weight excluding hydrogens is 284 g/mol. The third-order valence-electron chi connectivity index (χ3n) is 2.41. The van der Waals surface area contributed by atoms with Gasteiger partial charge in [-0.15, -0.1) is 0 Å². The van der Waals surface area contributed by atoms with Crippen LogP contribution in [0.1, 0.15) is 25.9 Å². The van der Waals surface area contributed by atoms with E-state index in [1.807, 2.05) is 38.1 Å². The van der Waals surface area contributed by atoms with Crippen molar-refractivity contribution in [2.24, 2.45) is 0 Å². The molecule has 0 aliphatic heterocycles. The maximum Gasteiger partial charge on any atom is 0.218 e. The zero-order valence-corrected chi connectivity index (χ0v) is 11.5. The number of hydrogen-bond donors (Lipinski definition) is 0. The summed E-state index contributed by atoms with van der Waals surface area (Å²) in [5.41, 5.74) is 0.832. The van der Waals surface area contributed by atoms with E-state index in [-0.39, 0.29) is 0 Å². The minimum Gasteiger partial charge on any atom is -0.454 e. The molecule has 0 bridgehead atoms. The average molecular weight is 299 g/mol. The van der Waals surface area contributed by atoms with Crippen LogP contribution in [0.15, 0.2) is 33.2 Å². The molecule has 17 heavy (non-hydrogen) atoms. The summed E-state index contributed by atoms with van der Waals surface area (Å²) in [6.07, 6.45) is -0.452. The third kappa shape index (κ3) is 2.54. The van der Waals surface area contributed by atoms with Crippen LogP contribution < -0.4 is 0 Å². The van der Waals surface area contributed by atoms with Gasteiger partial charge in [0, 0.05) is 18.6 Å². The Morgan fingerprint density at radius 2 is 1.82 bits per heavy atom. The molecular formula is C13H15BrO3. The molecule has 0 aliphatic rings. The molecule has 0 aliphatic carbocycles. The van der Waals surface area contributed by atoms with Crippen molar-refractivity contribution in [1.29, 1.82) is 0 Å². The molecule has 2 rings (SSSR count). The van der Waals surface area contributed by atoms with Crippen molar-refractivity contribution in [1.82, 2.24) is 0 Å². The van der Waals surface area contributed by atoms with Crippen molar-refractivity contribution < 1.29 is 13.9 Å². The molecule has 2 aromatic rings. The summed E-state index contributed by atoms with van der Waals surface area (Å²) in [5.74, 6) is 0.690. The van der Waals surface area contributed by atoms with E-state index in [9.17, 15) is 0 Å². The fourth-order valence-corrected chi connectivity index (χ4v) is 2.28. The van der Waals surface area contributed by atoms with Crippen molar-refractivity contribution in [3.05, 3.63) is 34.5 Å². The molecule has 0 saturated carbocycles. The summed E-state index contributed by atoms with van der Waals surface area (Å²) in [6, 6.07) is 7.85. The maximum atomic E-state index is 5.77. The average Bonchev–Trinajstić information content (AvgIpc) is 2.67. The molecule has 0 amide bonds. The molecule has 1 aromatic carbocycles. The Morgan fingerprint density at radius 1 is 1.18 bits per heavy atom. The van der Waals surface area contributed by atoms with Gasteiger partial charge in [0.15, 0.2) is 5.76 Å². The lowest BCUT2D eigenvalue weighted by molar-refractivity contribution is -0.150. The van der Waals surface area contributed by atoms with Gasteiger partial charge in [-0.05, 0) is 41.9 Å². The van der Waals surface area contributed by atoms with Gasteiger partial charge in [0.1, 0.15) is 5.58 Å². The zero-order valence-electron chi connectivity index (χ0n) is 9.90. The summed E-state index contributed by atoms with van der Waals surface area (Å²) < 4.78 is 17.7. The van der Waals surface area contributed by atoms with Crippen LogP contribution in [0.25, 0.3) is 11.0 Å². The van der Waals surface area contributed by atoms with E-state index < -0.39 is 6.29 Å². The molecule has 3 nitrogen and oxygen atoms in total. The van der Waals surface area contributed by atoms with Crippen molar-refractivity contribution in [2.45, 2.75) is 20.1 Å². The predicted octanol–water partition coefficient (Wildman–Crippen LogP) is 4.27. The molecule has 0 fully saturated rings. The highest BCUT2D eigenvalue weighted by Crippen LogP contribution is 2.36. The fraction of sp³-hybridized carbons (Fsp3) is 0.385. The highest BCUT2D eigenvalue weighted by Gasteiger charge is 2.21.